The first-order chi connectivity index (χ1) is 14.0. The Hall–Kier alpha value is -3.32. The molecule has 0 fully saturated rings. The fourth-order valence-corrected chi connectivity index (χ4v) is 3.58. The molecule has 29 heavy (non-hydrogen) atoms. The Balaban J connectivity index is 2.02. The van der Waals surface area contributed by atoms with Crippen LogP contribution in [0.4, 0.5) is 0 Å². The quantitative estimate of drug-likeness (QED) is 0.462. The minimum atomic E-state index is -0.303. The molecule has 0 bridgehead atoms. The van der Waals surface area contributed by atoms with Crippen LogP contribution in [0.15, 0.2) is 102 Å². The van der Waals surface area contributed by atoms with Crippen molar-refractivity contribution in [2.45, 2.75) is 26.4 Å². The van der Waals surface area contributed by atoms with Crippen LogP contribution in [0.25, 0.3) is 17.7 Å². The molecule has 3 aromatic rings. The number of rotatable bonds is 3. The van der Waals surface area contributed by atoms with Gasteiger partial charge in [0.25, 0.3) is 0 Å². The number of fused-ring (bicyclic) bond motifs is 1. The molecule has 0 saturated heterocycles. The molecule has 1 heteroatoms. The Bertz CT molecular complexity index is 1040. The highest BCUT2D eigenvalue weighted by atomic mass is 16.5. The first kappa shape index (κ1) is 19.0. The number of benzene rings is 3. The Morgan fingerprint density at radius 3 is 1.69 bits per heavy atom. The maximum Gasteiger partial charge on any atom is 0.128 e. The molecule has 0 N–H and O–H groups in total. The van der Waals surface area contributed by atoms with E-state index < -0.39 is 0 Å². The molecule has 0 spiro atoms. The van der Waals surface area contributed by atoms with Crippen molar-refractivity contribution in [2.24, 2.45) is 0 Å². The number of allylic oxidation sites excluding steroid dienone is 1. The largest absolute Gasteiger partial charge is 0.487 e. The highest BCUT2D eigenvalue weighted by Crippen LogP contribution is 2.36. The summed E-state index contributed by atoms with van der Waals surface area (Å²) in [7, 11) is 0. The molecule has 0 aliphatic heterocycles. The Kier molecular flexibility index (Phi) is 5.22. The average molecular weight is 379 g/mol. The van der Waals surface area contributed by atoms with E-state index in [1.54, 1.807) is 0 Å². The third-order valence-electron chi connectivity index (χ3n) is 4.79. The summed E-state index contributed by atoms with van der Waals surface area (Å²) in [5.41, 5.74) is 6.67. The van der Waals surface area contributed by atoms with Gasteiger partial charge in [0.2, 0.25) is 0 Å². The third kappa shape index (κ3) is 4.41. The molecule has 4 rings (SSSR count). The smallest absolute Gasteiger partial charge is 0.128 e. The predicted molar refractivity (Wildman–Crippen MR) is 123 cm³/mol. The summed E-state index contributed by atoms with van der Waals surface area (Å²) in [5, 5.41) is 0. The van der Waals surface area contributed by atoms with Crippen LogP contribution in [0.1, 0.15) is 43.0 Å². The minimum Gasteiger partial charge on any atom is -0.487 e. The van der Waals surface area contributed by atoms with E-state index in [1.807, 2.05) is 0 Å². The van der Waals surface area contributed by atoms with E-state index in [2.05, 4.69) is 124 Å². The Morgan fingerprint density at radius 1 is 0.621 bits per heavy atom. The van der Waals surface area contributed by atoms with E-state index >= 15 is 0 Å². The minimum absolute atomic E-state index is 0.303. The van der Waals surface area contributed by atoms with Crippen LogP contribution in [0, 0.1) is 0 Å². The van der Waals surface area contributed by atoms with Gasteiger partial charge < -0.3 is 4.74 Å². The summed E-state index contributed by atoms with van der Waals surface area (Å²) in [4.78, 5) is 0. The van der Waals surface area contributed by atoms with E-state index in [-0.39, 0.29) is 5.60 Å². The lowest BCUT2D eigenvalue weighted by Gasteiger charge is -2.26. The van der Waals surface area contributed by atoms with E-state index in [4.69, 9.17) is 4.74 Å². The molecule has 0 heterocycles. The van der Waals surface area contributed by atoms with E-state index in [9.17, 15) is 0 Å². The number of hydrogen-bond donors (Lipinski definition) is 0. The van der Waals surface area contributed by atoms with Gasteiger partial charge in [0, 0.05) is 5.57 Å². The first-order valence-corrected chi connectivity index (χ1v) is 10.0. The van der Waals surface area contributed by atoms with E-state index in [1.165, 1.54) is 27.8 Å². The highest BCUT2D eigenvalue weighted by molar-refractivity contribution is 5.89. The van der Waals surface area contributed by atoms with Gasteiger partial charge in [-0.2, -0.15) is 0 Å². The lowest BCUT2D eigenvalue weighted by Crippen LogP contribution is -2.19. The van der Waals surface area contributed by atoms with Gasteiger partial charge in [-0.25, -0.2) is 0 Å². The van der Waals surface area contributed by atoms with Gasteiger partial charge in [0.05, 0.1) is 0 Å². The van der Waals surface area contributed by atoms with Gasteiger partial charge in [-0.3, -0.25) is 0 Å². The van der Waals surface area contributed by atoms with Gasteiger partial charge in [0.15, 0.2) is 0 Å². The first-order valence-electron chi connectivity index (χ1n) is 10.0. The molecule has 3 aromatic carbocycles. The fraction of sp³-hybridized carbons (Fsp3) is 0.143. The van der Waals surface area contributed by atoms with Crippen LogP contribution in [-0.4, -0.2) is 5.60 Å². The van der Waals surface area contributed by atoms with Gasteiger partial charge in [-0.05, 0) is 60.8 Å². The summed E-state index contributed by atoms with van der Waals surface area (Å²) >= 11 is 0. The van der Waals surface area contributed by atoms with Crippen molar-refractivity contribution in [3.8, 4) is 0 Å². The second kappa shape index (κ2) is 7.97. The molecule has 0 radical (unpaired) electrons. The molecule has 1 nitrogen and oxygen atoms in total. The van der Waals surface area contributed by atoms with E-state index in [0.717, 1.165) is 11.3 Å². The summed E-state index contributed by atoms with van der Waals surface area (Å²) in [6, 6.07) is 29.5. The Labute approximate surface area is 173 Å². The van der Waals surface area contributed by atoms with Gasteiger partial charge >= 0.3 is 0 Å². The fourth-order valence-electron chi connectivity index (χ4n) is 3.58. The topological polar surface area (TPSA) is 9.23 Å². The lowest BCUT2D eigenvalue weighted by molar-refractivity contribution is 0.0602. The molecule has 1 aliphatic carbocycles. The van der Waals surface area contributed by atoms with Crippen LogP contribution in [-0.2, 0) is 4.74 Å². The van der Waals surface area contributed by atoms with Crippen molar-refractivity contribution < 1.29 is 4.74 Å². The zero-order valence-electron chi connectivity index (χ0n) is 17.2. The lowest BCUT2D eigenvalue weighted by atomic mass is 9.91. The van der Waals surface area contributed by atoms with Gasteiger partial charge in [-0.1, -0.05) is 91.0 Å². The molecule has 0 unspecified atom stereocenters. The molecule has 0 amide bonds. The monoisotopic (exact) mass is 378 g/mol. The second-order valence-corrected chi connectivity index (χ2v) is 8.21. The van der Waals surface area contributed by atoms with E-state index in [0.29, 0.717) is 0 Å². The van der Waals surface area contributed by atoms with Crippen molar-refractivity contribution in [3.05, 3.63) is 125 Å². The van der Waals surface area contributed by atoms with Crippen molar-refractivity contribution in [1.82, 2.24) is 0 Å². The van der Waals surface area contributed by atoms with Gasteiger partial charge in [-0.15, -0.1) is 0 Å². The van der Waals surface area contributed by atoms with Crippen molar-refractivity contribution in [3.63, 3.8) is 0 Å². The zero-order valence-corrected chi connectivity index (χ0v) is 17.2. The maximum atomic E-state index is 6.50. The van der Waals surface area contributed by atoms with Crippen molar-refractivity contribution in [2.75, 3.05) is 0 Å². The maximum absolute atomic E-state index is 6.50. The highest BCUT2D eigenvalue weighted by Gasteiger charge is 2.22. The Morgan fingerprint density at radius 2 is 1.14 bits per heavy atom. The molecule has 0 atom stereocenters. The van der Waals surface area contributed by atoms with Crippen LogP contribution < -0.4 is 0 Å². The SMILES string of the molecule is CC(C)(C)OC1=Cc2ccccc2C=CC1=C(c1ccccc1)c1ccccc1. The zero-order chi connectivity index (χ0) is 20.3. The van der Waals surface area contributed by atoms with Crippen LogP contribution in [0.2, 0.25) is 0 Å². The van der Waals surface area contributed by atoms with Crippen LogP contribution in [0.5, 0.6) is 0 Å². The third-order valence-corrected chi connectivity index (χ3v) is 4.79. The molecule has 0 saturated carbocycles. The van der Waals surface area contributed by atoms with Crippen molar-refractivity contribution in [1.29, 1.82) is 0 Å². The van der Waals surface area contributed by atoms with Gasteiger partial charge in [0.1, 0.15) is 11.4 Å². The predicted octanol–water partition coefficient (Wildman–Crippen LogP) is 7.37. The molecule has 0 aromatic heterocycles. The van der Waals surface area contributed by atoms with Crippen LogP contribution in [0.3, 0.4) is 0 Å². The second-order valence-electron chi connectivity index (χ2n) is 8.21. The molecular formula is C28H26O. The summed E-state index contributed by atoms with van der Waals surface area (Å²) < 4.78 is 6.50. The summed E-state index contributed by atoms with van der Waals surface area (Å²) in [5.74, 6) is 0.890. The number of ether oxygens (including phenoxy) is 1. The standard InChI is InChI=1S/C28H26O/c1-28(2,3)29-26-20-24-17-11-10-12-21(24)18-19-25(26)27(22-13-6-4-7-14-22)23-15-8-5-9-16-23/h4-20H,1-3H3. The van der Waals surface area contributed by atoms with Crippen molar-refractivity contribution >= 4 is 17.7 Å². The summed E-state index contributed by atoms with van der Waals surface area (Å²) in [6.45, 7) is 6.28. The molecule has 144 valence electrons. The normalized spacial score (nSPS) is 13.3. The average Bonchev–Trinajstić information content (AvgIpc) is 2.88. The van der Waals surface area contributed by atoms with Crippen LogP contribution >= 0.6 is 0 Å². The number of hydrogen-bond acceptors (Lipinski definition) is 1. The molecular weight excluding hydrogens is 352 g/mol. The summed E-state index contributed by atoms with van der Waals surface area (Å²) in [6.07, 6.45) is 6.55. The molecule has 1 aliphatic rings.